The Balaban J connectivity index is 2.23. The highest BCUT2D eigenvalue weighted by atomic mass is 35.5. The Bertz CT molecular complexity index is 671. The Morgan fingerprint density at radius 2 is 1.88 bits per heavy atom. The van der Waals surface area contributed by atoms with Gasteiger partial charge in [-0.2, -0.15) is 5.10 Å². The quantitative estimate of drug-likeness (QED) is 0.656. The Hall–Kier alpha value is -1.87. The number of halogens is 1. The van der Waals surface area contributed by atoms with Crippen LogP contribution in [0.4, 0.5) is 0 Å². The molecule has 0 fully saturated rings. The van der Waals surface area contributed by atoms with Crippen molar-refractivity contribution in [2.24, 2.45) is 0 Å². The van der Waals surface area contributed by atoms with Gasteiger partial charge in [0.2, 0.25) is 0 Å². The van der Waals surface area contributed by atoms with E-state index in [0.717, 1.165) is 27.5 Å². The molecule has 0 aliphatic carbocycles. The van der Waals surface area contributed by atoms with Crippen LogP contribution in [0.1, 0.15) is 5.69 Å². The number of hydrogen-bond donors (Lipinski definition) is 0. The average Bonchev–Trinajstić information content (AvgIpc) is 2.73. The lowest BCUT2D eigenvalue weighted by atomic mass is 10.1. The number of nitrogens with zero attached hydrogens (tertiary/aromatic N) is 3. The summed E-state index contributed by atoms with van der Waals surface area (Å²) in [5.41, 5.74) is 3.94. The summed E-state index contributed by atoms with van der Waals surface area (Å²) in [6.45, 7) is 1.97. The monoisotopic (exact) mass is 243 g/mol. The minimum atomic E-state index is 0.731. The Morgan fingerprint density at radius 3 is 2.65 bits per heavy atom. The van der Waals surface area contributed by atoms with Gasteiger partial charge in [0.1, 0.15) is 0 Å². The largest absolute Gasteiger partial charge is 0.233 e. The Kier molecular flexibility index (Phi) is 2.34. The number of aromatic nitrogens is 3. The van der Waals surface area contributed by atoms with E-state index >= 15 is 0 Å². The topological polar surface area (TPSA) is 30.2 Å². The standard InChI is InChI=1S/C13H10ClN3/c1-9-6-7-17-13(16-9)12(8-15-17)10-2-4-11(14)5-3-10/h2-8H,1H3. The van der Waals surface area contributed by atoms with Gasteiger partial charge in [0.05, 0.1) is 6.20 Å². The number of fused-ring (bicyclic) bond motifs is 1. The number of benzene rings is 1. The maximum Gasteiger partial charge on any atom is 0.163 e. The van der Waals surface area contributed by atoms with Crippen molar-refractivity contribution in [2.75, 3.05) is 0 Å². The van der Waals surface area contributed by atoms with Crippen LogP contribution in [0.25, 0.3) is 16.8 Å². The van der Waals surface area contributed by atoms with Gasteiger partial charge in [-0.05, 0) is 30.7 Å². The van der Waals surface area contributed by atoms with E-state index in [-0.39, 0.29) is 0 Å². The summed E-state index contributed by atoms with van der Waals surface area (Å²) in [6.07, 6.45) is 3.74. The molecule has 4 heteroatoms. The molecular formula is C13H10ClN3. The number of aryl methyl sites for hydroxylation is 1. The molecule has 0 atom stereocenters. The first-order valence-electron chi connectivity index (χ1n) is 5.31. The van der Waals surface area contributed by atoms with E-state index in [0.29, 0.717) is 0 Å². The third-order valence-corrected chi connectivity index (χ3v) is 2.92. The first kappa shape index (κ1) is 10.3. The minimum absolute atomic E-state index is 0.731. The fourth-order valence-electron chi connectivity index (χ4n) is 1.79. The highest BCUT2D eigenvalue weighted by Gasteiger charge is 2.07. The van der Waals surface area contributed by atoms with Gasteiger partial charge in [0.25, 0.3) is 0 Å². The van der Waals surface area contributed by atoms with Crippen LogP contribution >= 0.6 is 11.6 Å². The second kappa shape index (κ2) is 3.86. The van der Waals surface area contributed by atoms with Gasteiger partial charge >= 0.3 is 0 Å². The fraction of sp³-hybridized carbons (Fsp3) is 0.0769. The molecule has 0 aliphatic heterocycles. The van der Waals surface area contributed by atoms with Gasteiger partial charge in [-0.1, -0.05) is 23.7 Å². The molecule has 0 aliphatic rings. The molecule has 3 rings (SSSR count). The maximum atomic E-state index is 5.88. The predicted octanol–water partition coefficient (Wildman–Crippen LogP) is 3.36. The zero-order valence-corrected chi connectivity index (χ0v) is 10.0. The molecule has 84 valence electrons. The fourth-order valence-corrected chi connectivity index (χ4v) is 1.92. The van der Waals surface area contributed by atoms with Crippen LogP contribution < -0.4 is 0 Å². The van der Waals surface area contributed by atoms with Crippen LogP contribution in [-0.4, -0.2) is 14.6 Å². The molecule has 0 saturated heterocycles. The van der Waals surface area contributed by atoms with Crippen molar-refractivity contribution in [1.29, 1.82) is 0 Å². The van der Waals surface area contributed by atoms with Crippen LogP contribution in [0.5, 0.6) is 0 Å². The summed E-state index contributed by atoms with van der Waals surface area (Å²) < 4.78 is 1.77. The molecule has 17 heavy (non-hydrogen) atoms. The van der Waals surface area contributed by atoms with Crippen molar-refractivity contribution in [3.63, 3.8) is 0 Å². The van der Waals surface area contributed by atoms with Gasteiger partial charge in [0.15, 0.2) is 5.65 Å². The lowest BCUT2D eigenvalue weighted by Crippen LogP contribution is -1.91. The van der Waals surface area contributed by atoms with Gasteiger partial charge in [-0.3, -0.25) is 0 Å². The first-order chi connectivity index (χ1) is 8.24. The number of rotatable bonds is 1. The van der Waals surface area contributed by atoms with Crippen LogP contribution in [0.15, 0.2) is 42.7 Å². The molecule has 0 amide bonds. The molecule has 3 nitrogen and oxygen atoms in total. The van der Waals surface area contributed by atoms with Crippen molar-refractivity contribution in [3.05, 3.63) is 53.4 Å². The number of hydrogen-bond acceptors (Lipinski definition) is 2. The highest BCUT2D eigenvalue weighted by molar-refractivity contribution is 6.30. The van der Waals surface area contributed by atoms with Crippen molar-refractivity contribution < 1.29 is 0 Å². The van der Waals surface area contributed by atoms with Crippen LogP contribution in [0.3, 0.4) is 0 Å². The Labute approximate surface area is 104 Å². The molecule has 0 unspecified atom stereocenters. The molecule has 2 heterocycles. The van der Waals surface area contributed by atoms with E-state index in [4.69, 9.17) is 11.6 Å². The van der Waals surface area contributed by atoms with E-state index in [9.17, 15) is 0 Å². The lowest BCUT2D eigenvalue weighted by Gasteiger charge is -2.00. The molecule has 0 spiro atoms. The van der Waals surface area contributed by atoms with E-state index in [2.05, 4.69) is 10.1 Å². The summed E-state index contributed by atoms with van der Waals surface area (Å²) in [5, 5.41) is 5.01. The minimum Gasteiger partial charge on any atom is -0.233 e. The molecular weight excluding hydrogens is 234 g/mol. The van der Waals surface area contributed by atoms with Gasteiger partial charge in [-0.25, -0.2) is 9.50 Å². The van der Waals surface area contributed by atoms with Crippen LogP contribution in [-0.2, 0) is 0 Å². The average molecular weight is 244 g/mol. The predicted molar refractivity (Wildman–Crippen MR) is 68.2 cm³/mol. The second-order valence-corrected chi connectivity index (χ2v) is 4.34. The van der Waals surface area contributed by atoms with Crippen LogP contribution in [0, 0.1) is 6.92 Å². The summed E-state index contributed by atoms with van der Waals surface area (Å²) in [7, 11) is 0. The third kappa shape index (κ3) is 1.78. The Morgan fingerprint density at radius 1 is 1.12 bits per heavy atom. The maximum absolute atomic E-state index is 5.88. The van der Waals surface area contributed by atoms with Crippen molar-refractivity contribution >= 4 is 17.2 Å². The molecule has 0 N–H and O–H groups in total. The first-order valence-corrected chi connectivity index (χ1v) is 5.69. The zero-order chi connectivity index (χ0) is 11.8. The third-order valence-electron chi connectivity index (χ3n) is 2.66. The van der Waals surface area contributed by atoms with E-state index in [1.165, 1.54) is 0 Å². The normalized spacial score (nSPS) is 10.9. The molecule has 1 aromatic carbocycles. The molecule has 2 aromatic heterocycles. The SMILES string of the molecule is Cc1ccn2ncc(-c3ccc(Cl)cc3)c2n1. The van der Waals surface area contributed by atoms with Crippen molar-refractivity contribution in [2.45, 2.75) is 6.92 Å². The van der Waals surface area contributed by atoms with Gasteiger partial charge in [-0.15, -0.1) is 0 Å². The summed E-state index contributed by atoms with van der Waals surface area (Å²) in [5.74, 6) is 0. The summed E-state index contributed by atoms with van der Waals surface area (Å²) in [6, 6.07) is 9.63. The van der Waals surface area contributed by atoms with E-state index in [1.807, 2.05) is 49.6 Å². The van der Waals surface area contributed by atoms with Gasteiger partial charge < -0.3 is 0 Å². The zero-order valence-electron chi connectivity index (χ0n) is 9.26. The summed E-state index contributed by atoms with van der Waals surface area (Å²) >= 11 is 5.88. The molecule has 3 aromatic rings. The summed E-state index contributed by atoms with van der Waals surface area (Å²) in [4.78, 5) is 4.50. The van der Waals surface area contributed by atoms with Gasteiger partial charge in [0, 0.05) is 22.5 Å². The highest BCUT2D eigenvalue weighted by Crippen LogP contribution is 2.24. The molecule has 0 bridgehead atoms. The van der Waals surface area contributed by atoms with E-state index < -0.39 is 0 Å². The van der Waals surface area contributed by atoms with Crippen molar-refractivity contribution in [1.82, 2.24) is 14.6 Å². The smallest absolute Gasteiger partial charge is 0.163 e. The van der Waals surface area contributed by atoms with Crippen molar-refractivity contribution in [3.8, 4) is 11.1 Å². The molecule has 0 saturated carbocycles. The van der Waals surface area contributed by atoms with E-state index in [1.54, 1.807) is 4.52 Å². The van der Waals surface area contributed by atoms with Crippen LogP contribution in [0.2, 0.25) is 5.02 Å². The second-order valence-electron chi connectivity index (χ2n) is 3.90. The lowest BCUT2D eigenvalue weighted by molar-refractivity contribution is 0.929. The molecule has 0 radical (unpaired) electrons.